The van der Waals surface area contributed by atoms with Crippen LogP contribution in [0.5, 0.6) is 0 Å². The molecule has 4 rings (SSSR count). The van der Waals surface area contributed by atoms with Crippen molar-refractivity contribution in [1.29, 1.82) is 0 Å². The van der Waals surface area contributed by atoms with Gasteiger partial charge in [-0.1, -0.05) is 42.5 Å². The van der Waals surface area contributed by atoms with Crippen LogP contribution in [0.1, 0.15) is 5.56 Å². The monoisotopic (exact) mass is 372 g/mol. The molecule has 27 heavy (non-hydrogen) atoms. The minimum atomic E-state index is -0.243. The van der Waals surface area contributed by atoms with Gasteiger partial charge in [0.25, 0.3) is 5.56 Å². The van der Waals surface area contributed by atoms with E-state index in [4.69, 9.17) is 12.2 Å². The molecule has 1 aromatic heterocycles. The number of fused-ring (bicyclic) bond motifs is 1. The van der Waals surface area contributed by atoms with Gasteiger partial charge in [0.1, 0.15) is 0 Å². The molecule has 0 atom stereocenters. The maximum Gasteiger partial charge on any atom is 0.282 e. The summed E-state index contributed by atoms with van der Waals surface area (Å²) in [6.45, 7) is 0. The Morgan fingerprint density at radius 1 is 0.889 bits per heavy atom. The molecule has 0 bridgehead atoms. The first-order chi connectivity index (χ1) is 13.2. The van der Waals surface area contributed by atoms with Crippen molar-refractivity contribution in [3.63, 3.8) is 0 Å². The highest BCUT2D eigenvalue weighted by atomic mass is 32.1. The molecule has 132 valence electrons. The summed E-state index contributed by atoms with van der Waals surface area (Å²) in [5.41, 5.74) is 3.32. The van der Waals surface area contributed by atoms with Gasteiger partial charge in [0.2, 0.25) is 4.77 Å². The SMILES string of the molecule is O=c1c2ccccc2[nH]c(=S)n1/N=C\c1ccc(Nc2ccccc2)cc1. The molecule has 6 heteroatoms. The Balaban J connectivity index is 1.59. The maximum atomic E-state index is 12.6. The number of aromatic amines is 1. The van der Waals surface area contributed by atoms with Gasteiger partial charge in [-0.3, -0.25) is 4.79 Å². The van der Waals surface area contributed by atoms with Gasteiger partial charge >= 0.3 is 0 Å². The van der Waals surface area contributed by atoms with Crippen LogP contribution in [0.2, 0.25) is 0 Å². The normalized spacial score (nSPS) is 11.1. The second kappa shape index (κ2) is 7.39. The van der Waals surface area contributed by atoms with Crippen LogP contribution >= 0.6 is 12.2 Å². The fourth-order valence-corrected chi connectivity index (χ4v) is 2.96. The average molecular weight is 372 g/mol. The van der Waals surface area contributed by atoms with Gasteiger partial charge < -0.3 is 10.3 Å². The van der Waals surface area contributed by atoms with Crippen LogP contribution in [-0.2, 0) is 0 Å². The van der Waals surface area contributed by atoms with Crippen molar-refractivity contribution in [3.8, 4) is 0 Å². The van der Waals surface area contributed by atoms with E-state index in [1.807, 2.05) is 72.8 Å². The number of rotatable bonds is 4. The highest BCUT2D eigenvalue weighted by Crippen LogP contribution is 2.16. The van der Waals surface area contributed by atoms with Gasteiger partial charge in [-0.15, -0.1) is 0 Å². The van der Waals surface area contributed by atoms with Gasteiger partial charge in [0.05, 0.1) is 17.1 Å². The lowest BCUT2D eigenvalue weighted by atomic mass is 10.2. The molecule has 2 N–H and O–H groups in total. The lowest BCUT2D eigenvalue weighted by Gasteiger charge is -2.06. The van der Waals surface area contributed by atoms with E-state index in [-0.39, 0.29) is 10.3 Å². The summed E-state index contributed by atoms with van der Waals surface area (Å²) >= 11 is 5.26. The molecular formula is C21H16N4OS. The molecule has 0 aliphatic rings. The van der Waals surface area contributed by atoms with E-state index in [0.717, 1.165) is 16.9 Å². The second-order valence-corrected chi connectivity index (χ2v) is 6.34. The van der Waals surface area contributed by atoms with Gasteiger partial charge in [0.15, 0.2) is 0 Å². The number of H-pyrrole nitrogens is 1. The Morgan fingerprint density at radius 3 is 2.33 bits per heavy atom. The number of aromatic nitrogens is 2. The smallest absolute Gasteiger partial charge is 0.282 e. The Bertz CT molecular complexity index is 1220. The molecule has 0 fully saturated rings. The van der Waals surface area contributed by atoms with Crippen molar-refractivity contribution in [1.82, 2.24) is 9.66 Å². The third-order valence-electron chi connectivity index (χ3n) is 4.08. The molecule has 5 nitrogen and oxygen atoms in total. The summed E-state index contributed by atoms with van der Waals surface area (Å²) in [5, 5.41) is 8.13. The zero-order valence-electron chi connectivity index (χ0n) is 14.3. The Labute approximate surface area is 160 Å². The van der Waals surface area contributed by atoms with Crippen LogP contribution in [0.25, 0.3) is 10.9 Å². The first-order valence-electron chi connectivity index (χ1n) is 8.41. The predicted molar refractivity (Wildman–Crippen MR) is 113 cm³/mol. The van der Waals surface area contributed by atoms with Crippen LogP contribution in [0.4, 0.5) is 11.4 Å². The maximum absolute atomic E-state index is 12.6. The molecule has 0 unspecified atom stereocenters. The minimum absolute atomic E-state index is 0.243. The van der Waals surface area contributed by atoms with E-state index in [2.05, 4.69) is 15.4 Å². The zero-order valence-corrected chi connectivity index (χ0v) is 15.1. The molecule has 0 aliphatic carbocycles. The Kier molecular flexibility index (Phi) is 4.63. The minimum Gasteiger partial charge on any atom is -0.356 e. The molecule has 0 saturated carbocycles. The Hall–Kier alpha value is -3.51. The lowest BCUT2D eigenvalue weighted by molar-refractivity contribution is 0.800. The van der Waals surface area contributed by atoms with Crippen molar-refractivity contribution in [2.24, 2.45) is 5.10 Å². The highest BCUT2D eigenvalue weighted by molar-refractivity contribution is 7.71. The average Bonchev–Trinajstić information content (AvgIpc) is 2.70. The van der Waals surface area contributed by atoms with Gasteiger partial charge in [-0.25, -0.2) is 0 Å². The number of nitrogens with zero attached hydrogens (tertiary/aromatic N) is 2. The van der Waals surface area contributed by atoms with E-state index in [1.165, 1.54) is 4.68 Å². The zero-order chi connectivity index (χ0) is 18.6. The van der Waals surface area contributed by atoms with Crippen LogP contribution in [0.3, 0.4) is 0 Å². The van der Waals surface area contributed by atoms with E-state index >= 15 is 0 Å². The molecule has 0 radical (unpaired) electrons. The topological polar surface area (TPSA) is 62.2 Å². The van der Waals surface area contributed by atoms with Crippen LogP contribution in [0, 0.1) is 4.77 Å². The van der Waals surface area contributed by atoms with Gasteiger partial charge in [-0.2, -0.15) is 9.78 Å². The molecule has 3 aromatic carbocycles. The number of hydrogen-bond donors (Lipinski definition) is 2. The predicted octanol–water partition coefficient (Wildman–Crippen LogP) is 4.68. The van der Waals surface area contributed by atoms with Crippen molar-refractivity contribution in [3.05, 3.63) is 99.6 Å². The molecular weight excluding hydrogens is 356 g/mol. The largest absolute Gasteiger partial charge is 0.356 e. The fourth-order valence-electron chi connectivity index (χ4n) is 2.72. The van der Waals surface area contributed by atoms with Crippen molar-refractivity contribution in [2.45, 2.75) is 0 Å². The Morgan fingerprint density at radius 2 is 1.56 bits per heavy atom. The number of benzene rings is 3. The van der Waals surface area contributed by atoms with E-state index < -0.39 is 0 Å². The summed E-state index contributed by atoms with van der Waals surface area (Å²) in [6.07, 6.45) is 1.62. The first kappa shape index (κ1) is 16.9. The fraction of sp³-hybridized carbons (Fsp3) is 0. The highest BCUT2D eigenvalue weighted by Gasteiger charge is 2.03. The second-order valence-electron chi connectivity index (χ2n) is 5.95. The van der Waals surface area contributed by atoms with Crippen molar-refractivity contribution in [2.75, 3.05) is 5.32 Å². The number of nitrogens with one attached hydrogen (secondary N) is 2. The lowest BCUT2D eigenvalue weighted by Crippen LogP contribution is -2.18. The van der Waals surface area contributed by atoms with Gasteiger partial charge in [0, 0.05) is 11.4 Å². The molecule has 4 aromatic rings. The summed E-state index contributed by atoms with van der Waals surface area (Å²) in [6, 6.07) is 24.9. The molecule has 1 heterocycles. The molecule has 0 aliphatic heterocycles. The summed E-state index contributed by atoms with van der Waals surface area (Å²) in [4.78, 5) is 15.6. The van der Waals surface area contributed by atoms with Crippen LogP contribution in [-0.4, -0.2) is 15.9 Å². The number of anilines is 2. The molecule has 0 saturated heterocycles. The van der Waals surface area contributed by atoms with Crippen LogP contribution in [0.15, 0.2) is 88.8 Å². The van der Waals surface area contributed by atoms with E-state index in [9.17, 15) is 4.79 Å². The number of hydrogen-bond acceptors (Lipinski definition) is 4. The van der Waals surface area contributed by atoms with Gasteiger partial charge in [-0.05, 0) is 54.2 Å². The third-order valence-corrected chi connectivity index (χ3v) is 4.35. The van der Waals surface area contributed by atoms with E-state index in [0.29, 0.717) is 10.9 Å². The van der Waals surface area contributed by atoms with E-state index in [1.54, 1.807) is 12.3 Å². The summed E-state index contributed by atoms with van der Waals surface area (Å²) in [5.74, 6) is 0. The van der Waals surface area contributed by atoms with Crippen molar-refractivity contribution >= 4 is 40.7 Å². The standard InChI is InChI=1S/C21H16N4OS/c26-20-18-8-4-5-9-19(18)24-21(27)25(20)22-14-15-10-12-17(13-11-15)23-16-6-2-1-3-7-16/h1-14,23H,(H,24,27)/b22-14-. The van der Waals surface area contributed by atoms with Crippen LogP contribution < -0.4 is 10.9 Å². The number of para-hydroxylation sites is 2. The molecule has 0 spiro atoms. The third kappa shape index (κ3) is 3.70. The molecule has 0 amide bonds. The quantitative estimate of drug-likeness (QED) is 0.404. The first-order valence-corrected chi connectivity index (χ1v) is 8.82. The summed E-state index contributed by atoms with van der Waals surface area (Å²) < 4.78 is 1.46. The van der Waals surface area contributed by atoms with Crippen molar-refractivity contribution < 1.29 is 0 Å². The summed E-state index contributed by atoms with van der Waals surface area (Å²) in [7, 11) is 0.